The van der Waals surface area contributed by atoms with Crippen molar-refractivity contribution in [1.29, 1.82) is 5.26 Å². The SMILES string of the molecule is Cc1cc(F)c(Br)c(C(=O)O)c1NC(=O)CC#N. The Hall–Kier alpha value is -1.94. The van der Waals surface area contributed by atoms with Crippen LogP contribution in [0.5, 0.6) is 0 Å². The Labute approximate surface area is 110 Å². The molecule has 1 rings (SSSR count). The monoisotopic (exact) mass is 314 g/mol. The predicted octanol–water partition coefficient (Wildman–Crippen LogP) is 2.45. The van der Waals surface area contributed by atoms with Crippen molar-refractivity contribution in [3.8, 4) is 6.07 Å². The number of amides is 1. The van der Waals surface area contributed by atoms with E-state index in [0.717, 1.165) is 6.07 Å². The van der Waals surface area contributed by atoms with Gasteiger partial charge in [0.15, 0.2) is 0 Å². The third-order valence-electron chi connectivity index (χ3n) is 2.13. The lowest BCUT2D eigenvalue weighted by Crippen LogP contribution is -2.16. The van der Waals surface area contributed by atoms with Crippen molar-refractivity contribution >= 4 is 33.5 Å². The van der Waals surface area contributed by atoms with Crippen LogP contribution in [0.3, 0.4) is 0 Å². The van der Waals surface area contributed by atoms with Gasteiger partial charge in [-0.2, -0.15) is 5.26 Å². The second kappa shape index (κ2) is 5.60. The van der Waals surface area contributed by atoms with Gasteiger partial charge in [-0.05, 0) is 34.5 Å². The van der Waals surface area contributed by atoms with Gasteiger partial charge in [-0.15, -0.1) is 0 Å². The normalized spacial score (nSPS) is 9.67. The van der Waals surface area contributed by atoms with E-state index in [-0.39, 0.29) is 21.3 Å². The Morgan fingerprint density at radius 2 is 2.22 bits per heavy atom. The molecule has 18 heavy (non-hydrogen) atoms. The summed E-state index contributed by atoms with van der Waals surface area (Å²) in [6.45, 7) is 1.46. The first-order valence-corrected chi connectivity index (χ1v) is 5.56. The van der Waals surface area contributed by atoms with Gasteiger partial charge in [-0.1, -0.05) is 0 Å². The van der Waals surface area contributed by atoms with Gasteiger partial charge in [0.25, 0.3) is 0 Å². The number of aryl methyl sites for hydroxylation is 1. The number of nitriles is 1. The zero-order valence-corrected chi connectivity index (χ0v) is 10.8. The van der Waals surface area contributed by atoms with Crippen molar-refractivity contribution in [2.24, 2.45) is 0 Å². The molecule has 5 nitrogen and oxygen atoms in total. The number of carboxylic acids is 1. The number of aromatic carboxylic acids is 1. The van der Waals surface area contributed by atoms with E-state index in [0.29, 0.717) is 0 Å². The molecule has 0 fully saturated rings. The Morgan fingerprint density at radius 1 is 1.61 bits per heavy atom. The largest absolute Gasteiger partial charge is 0.478 e. The molecule has 0 aromatic heterocycles. The van der Waals surface area contributed by atoms with Gasteiger partial charge in [-0.3, -0.25) is 4.79 Å². The highest BCUT2D eigenvalue weighted by Gasteiger charge is 2.21. The molecule has 1 aromatic rings. The molecule has 0 radical (unpaired) electrons. The van der Waals surface area contributed by atoms with Crippen LogP contribution in [0, 0.1) is 24.1 Å². The van der Waals surface area contributed by atoms with Crippen LogP contribution >= 0.6 is 15.9 Å². The number of carbonyl (C=O) groups is 2. The molecule has 0 aliphatic rings. The highest BCUT2D eigenvalue weighted by atomic mass is 79.9. The Kier molecular flexibility index (Phi) is 4.39. The van der Waals surface area contributed by atoms with Crippen molar-refractivity contribution in [3.05, 3.63) is 27.5 Å². The fourth-order valence-corrected chi connectivity index (χ4v) is 1.85. The maximum atomic E-state index is 13.4. The third kappa shape index (κ3) is 2.84. The minimum Gasteiger partial charge on any atom is -0.478 e. The van der Waals surface area contributed by atoms with Crippen LogP contribution in [-0.2, 0) is 4.79 Å². The topological polar surface area (TPSA) is 90.2 Å². The number of halogens is 2. The summed E-state index contributed by atoms with van der Waals surface area (Å²) in [7, 11) is 0. The van der Waals surface area contributed by atoms with E-state index in [4.69, 9.17) is 10.4 Å². The number of carboxylic acid groups (broad SMARTS) is 1. The van der Waals surface area contributed by atoms with Gasteiger partial charge >= 0.3 is 5.97 Å². The number of carbonyl (C=O) groups excluding carboxylic acids is 1. The zero-order chi connectivity index (χ0) is 13.9. The predicted molar refractivity (Wildman–Crippen MR) is 64.7 cm³/mol. The molecule has 2 N–H and O–H groups in total. The van der Waals surface area contributed by atoms with Crippen LogP contribution in [0.25, 0.3) is 0 Å². The third-order valence-corrected chi connectivity index (χ3v) is 2.91. The minimum absolute atomic E-state index is 0.0176. The Morgan fingerprint density at radius 3 is 2.72 bits per heavy atom. The molecule has 0 spiro atoms. The summed E-state index contributed by atoms with van der Waals surface area (Å²) in [6, 6.07) is 2.73. The first kappa shape index (κ1) is 14.1. The summed E-state index contributed by atoms with van der Waals surface area (Å²) in [4.78, 5) is 22.4. The lowest BCUT2D eigenvalue weighted by atomic mass is 10.1. The van der Waals surface area contributed by atoms with E-state index in [9.17, 15) is 14.0 Å². The fraction of sp³-hybridized carbons (Fsp3) is 0.182. The molecule has 1 amide bonds. The minimum atomic E-state index is -1.38. The molecule has 7 heteroatoms. The number of nitrogens with one attached hydrogen (secondary N) is 1. The van der Waals surface area contributed by atoms with Gasteiger partial charge in [0.1, 0.15) is 17.8 Å². The van der Waals surface area contributed by atoms with Crippen molar-refractivity contribution < 1.29 is 19.1 Å². The van der Waals surface area contributed by atoms with Gasteiger partial charge in [0.2, 0.25) is 5.91 Å². The zero-order valence-electron chi connectivity index (χ0n) is 9.25. The molecule has 1 aromatic carbocycles. The lowest BCUT2D eigenvalue weighted by molar-refractivity contribution is -0.115. The molecule has 0 unspecified atom stereocenters. The first-order valence-electron chi connectivity index (χ1n) is 4.77. The van der Waals surface area contributed by atoms with E-state index >= 15 is 0 Å². The van der Waals surface area contributed by atoms with E-state index in [1.165, 1.54) is 6.92 Å². The van der Waals surface area contributed by atoms with Crippen molar-refractivity contribution in [2.45, 2.75) is 13.3 Å². The summed E-state index contributed by atoms with van der Waals surface area (Å²) >= 11 is 2.82. The van der Waals surface area contributed by atoms with Gasteiger partial charge in [-0.25, -0.2) is 9.18 Å². The fourth-order valence-electron chi connectivity index (χ4n) is 1.37. The number of benzene rings is 1. The van der Waals surface area contributed by atoms with E-state index < -0.39 is 24.1 Å². The van der Waals surface area contributed by atoms with Crippen LogP contribution in [0.4, 0.5) is 10.1 Å². The van der Waals surface area contributed by atoms with Crippen molar-refractivity contribution in [2.75, 3.05) is 5.32 Å². The first-order chi connectivity index (χ1) is 8.38. The molecule has 0 bridgehead atoms. The molecule has 0 aliphatic carbocycles. The van der Waals surface area contributed by atoms with Crippen LogP contribution in [0.15, 0.2) is 10.5 Å². The Balaban J connectivity index is 3.34. The number of hydrogen-bond acceptors (Lipinski definition) is 3. The molecular weight excluding hydrogens is 307 g/mol. The van der Waals surface area contributed by atoms with Crippen LogP contribution in [-0.4, -0.2) is 17.0 Å². The second-order valence-electron chi connectivity index (χ2n) is 3.43. The van der Waals surface area contributed by atoms with Crippen LogP contribution in [0.1, 0.15) is 22.3 Å². The smallest absolute Gasteiger partial charge is 0.339 e. The average molecular weight is 315 g/mol. The molecule has 94 valence electrons. The van der Waals surface area contributed by atoms with E-state index in [1.54, 1.807) is 6.07 Å². The number of rotatable bonds is 3. The van der Waals surface area contributed by atoms with Crippen LogP contribution in [0.2, 0.25) is 0 Å². The highest BCUT2D eigenvalue weighted by Crippen LogP contribution is 2.31. The van der Waals surface area contributed by atoms with Gasteiger partial charge in [0, 0.05) is 0 Å². The average Bonchev–Trinajstić information content (AvgIpc) is 2.25. The van der Waals surface area contributed by atoms with E-state index in [2.05, 4.69) is 21.2 Å². The van der Waals surface area contributed by atoms with Gasteiger partial charge < -0.3 is 10.4 Å². The number of nitrogens with zero attached hydrogens (tertiary/aromatic N) is 1. The standard InChI is InChI=1S/C11H8BrFN2O3/c1-5-4-6(13)9(12)8(11(17)18)10(5)15-7(16)2-3-14/h4H,2H2,1H3,(H,15,16)(H,17,18). The molecular formula is C11H8BrFN2O3. The highest BCUT2D eigenvalue weighted by molar-refractivity contribution is 9.10. The molecule has 0 saturated carbocycles. The number of anilines is 1. The number of hydrogen-bond donors (Lipinski definition) is 2. The molecule has 0 atom stereocenters. The summed E-state index contributed by atoms with van der Waals surface area (Å²) in [6.07, 6.45) is -0.409. The summed E-state index contributed by atoms with van der Waals surface area (Å²) < 4.78 is 13.1. The summed E-state index contributed by atoms with van der Waals surface area (Å²) in [5.41, 5.74) is -0.130. The van der Waals surface area contributed by atoms with Crippen LogP contribution < -0.4 is 5.32 Å². The van der Waals surface area contributed by atoms with Gasteiger partial charge in [0.05, 0.1) is 16.2 Å². The molecule has 0 saturated heterocycles. The maximum Gasteiger partial charge on any atom is 0.339 e. The van der Waals surface area contributed by atoms with Crippen molar-refractivity contribution in [3.63, 3.8) is 0 Å². The maximum absolute atomic E-state index is 13.4. The molecule has 0 heterocycles. The van der Waals surface area contributed by atoms with E-state index in [1.807, 2.05) is 0 Å². The van der Waals surface area contributed by atoms with Crippen molar-refractivity contribution in [1.82, 2.24) is 0 Å². The second-order valence-corrected chi connectivity index (χ2v) is 4.22. The molecule has 0 aliphatic heterocycles. The summed E-state index contributed by atoms with van der Waals surface area (Å²) in [5, 5.41) is 19.7. The summed E-state index contributed by atoms with van der Waals surface area (Å²) in [5.74, 6) is -2.76. The lowest BCUT2D eigenvalue weighted by Gasteiger charge is -2.13. The quantitative estimate of drug-likeness (QED) is 0.896. The Bertz CT molecular complexity index is 566.